The summed E-state index contributed by atoms with van der Waals surface area (Å²) in [5, 5.41) is 5.70. The average Bonchev–Trinajstić information content (AvgIpc) is 2.58. The number of hydrogen-bond acceptors (Lipinski definition) is 3. The lowest BCUT2D eigenvalue weighted by Gasteiger charge is -2.26. The quantitative estimate of drug-likeness (QED) is 0.766. The lowest BCUT2D eigenvalue weighted by Crippen LogP contribution is -2.39. The molecule has 0 fully saturated rings. The largest absolute Gasteiger partial charge is 0.326 e. The Kier molecular flexibility index (Phi) is 4.76. The van der Waals surface area contributed by atoms with E-state index in [4.69, 9.17) is 5.73 Å². The van der Waals surface area contributed by atoms with E-state index >= 15 is 0 Å². The van der Waals surface area contributed by atoms with E-state index in [1.165, 1.54) is 10.4 Å². The van der Waals surface area contributed by atoms with Crippen LogP contribution in [0.25, 0.3) is 0 Å². The normalized spacial score (nSPS) is 13.1. The molecule has 0 saturated heterocycles. The molecule has 0 bridgehead atoms. The zero-order chi connectivity index (χ0) is 13.1. The molecule has 1 heterocycles. The SMILES string of the molecule is Cc1ccsc1C(C)(C)CNCCC(C)(C)N. The molecular weight excluding hydrogens is 228 g/mol. The van der Waals surface area contributed by atoms with Crippen LogP contribution < -0.4 is 11.1 Å². The summed E-state index contributed by atoms with van der Waals surface area (Å²) in [4.78, 5) is 1.48. The Balaban J connectivity index is 2.43. The van der Waals surface area contributed by atoms with Crippen molar-refractivity contribution >= 4 is 11.3 Å². The van der Waals surface area contributed by atoms with Crippen molar-refractivity contribution in [2.75, 3.05) is 13.1 Å². The van der Waals surface area contributed by atoms with E-state index in [0.717, 1.165) is 19.5 Å². The molecule has 17 heavy (non-hydrogen) atoms. The van der Waals surface area contributed by atoms with Gasteiger partial charge in [0.25, 0.3) is 0 Å². The molecule has 0 spiro atoms. The van der Waals surface area contributed by atoms with Crippen molar-refractivity contribution in [3.63, 3.8) is 0 Å². The summed E-state index contributed by atoms with van der Waals surface area (Å²) in [5.74, 6) is 0. The topological polar surface area (TPSA) is 38.0 Å². The fourth-order valence-corrected chi connectivity index (χ4v) is 3.01. The van der Waals surface area contributed by atoms with E-state index in [1.807, 2.05) is 11.3 Å². The molecular formula is C14H26N2S. The minimum atomic E-state index is -0.0734. The molecule has 3 heteroatoms. The predicted molar refractivity (Wildman–Crippen MR) is 77.8 cm³/mol. The van der Waals surface area contributed by atoms with E-state index < -0.39 is 0 Å². The highest BCUT2D eigenvalue weighted by atomic mass is 32.1. The molecule has 1 rings (SSSR count). The summed E-state index contributed by atoms with van der Waals surface area (Å²) in [5.41, 5.74) is 7.50. The standard InChI is InChI=1S/C14H26N2S/c1-11-6-9-17-12(11)13(2,3)10-16-8-7-14(4,5)15/h6,9,16H,7-8,10,15H2,1-5H3. The van der Waals surface area contributed by atoms with Gasteiger partial charge in [0.1, 0.15) is 0 Å². The Morgan fingerprint density at radius 1 is 1.29 bits per heavy atom. The molecule has 1 aromatic heterocycles. The molecule has 0 atom stereocenters. The predicted octanol–water partition coefficient (Wildman–Crippen LogP) is 3.05. The molecule has 0 unspecified atom stereocenters. The van der Waals surface area contributed by atoms with Gasteiger partial charge >= 0.3 is 0 Å². The Hall–Kier alpha value is -0.380. The second kappa shape index (κ2) is 5.51. The van der Waals surface area contributed by atoms with Crippen molar-refractivity contribution in [3.8, 4) is 0 Å². The zero-order valence-corrected chi connectivity index (χ0v) is 12.6. The number of nitrogens with one attached hydrogen (secondary N) is 1. The van der Waals surface area contributed by atoms with Crippen LogP contribution in [0.2, 0.25) is 0 Å². The summed E-state index contributed by atoms with van der Waals surface area (Å²) in [6.45, 7) is 12.9. The molecule has 0 aliphatic heterocycles. The van der Waals surface area contributed by atoms with Gasteiger partial charge in [-0.15, -0.1) is 11.3 Å². The average molecular weight is 254 g/mol. The highest BCUT2D eigenvalue weighted by Crippen LogP contribution is 2.30. The third-order valence-electron chi connectivity index (χ3n) is 2.99. The van der Waals surface area contributed by atoms with Crippen LogP contribution >= 0.6 is 11.3 Å². The highest BCUT2D eigenvalue weighted by molar-refractivity contribution is 7.10. The van der Waals surface area contributed by atoms with Gasteiger partial charge in [0.15, 0.2) is 0 Å². The summed E-state index contributed by atoms with van der Waals surface area (Å²) in [7, 11) is 0. The zero-order valence-electron chi connectivity index (χ0n) is 11.8. The van der Waals surface area contributed by atoms with Crippen LogP contribution in [-0.2, 0) is 5.41 Å². The first-order chi connectivity index (χ1) is 7.72. The van der Waals surface area contributed by atoms with Gasteiger partial charge < -0.3 is 11.1 Å². The summed E-state index contributed by atoms with van der Waals surface area (Å²) < 4.78 is 0. The summed E-state index contributed by atoms with van der Waals surface area (Å²) in [6, 6.07) is 2.20. The van der Waals surface area contributed by atoms with Gasteiger partial charge in [0, 0.05) is 22.4 Å². The van der Waals surface area contributed by atoms with Crippen molar-refractivity contribution in [3.05, 3.63) is 21.9 Å². The number of nitrogens with two attached hydrogens (primary N) is 1. The summed E-state index contributed by atoms with van der Waals surface area (Å²) >= 11 is 1.86. The van der Waals surface area contributed by atoms with E-state index in [-0.39, 0.29) is 11.0 Å². The van der Waals surface area contributed by atoms with Crippen molar-refractivity contribution in [1.82, 2.24) is 5.32 Å². The lowest BCUT2D eigenvalue weighted by atomic mass is 9.89. The molecule has 0 saturated carbocycles. The van der Waals surface area contributed by atoms with Crippen LogP contribution in [0.1, 0.15) is 44.6 Å². The monoisotopic (exact) mass is 254 g/mol. The van der Waals surface area contributed by atoms with Crippen LogP contribution in [0.5, 0.6) is 0 Å². The van der Waals surface area contributed by atoms with Gasteiger partial charge in [-0.1, -0.05) is 13.8 Å². The van der Waals surface area contributed by atoms with Gasteiger partial charge in [0.05, 0.1) is 0 Å². The lowest BCUT2D eigenvalue weighted by molar-refractivity contribution is 0.420. The number of aryl methyl sites for hydroxylation is 1. The molecule has 2 nitrogen and oxygen atoms in total. The van der Waals surface area contributed by atoms with Gasteiger partial charge in [0.2, 0.25) is 0 Å². The van der Waals surface area contributed by atoms with Crippen molar-refractivity contribution in [2.45, 2.75) is 52.0 Å². The Morgan fingerprint density at radius 2 is 1.94 bits per heavy atom. The molecule has 0 aliphatic rings. The second-order valence-corrected chi connectivity index (χ2v) is 7.15. The molecule has 0 radical (unpaired) electrons. The van der Waals surface area contributed by atoms with E-state index in [0.29, 0.717) is 0 Å². The second-order valence-electron chi connectivity index (χ2n) is 6.23. The minimum absolute atomic E-state index is 0.0734. The Labute approximate surface area is 110 Å². The van der Waals surface area contributed by atoms with Crippen LogP contribution in [0.15, 0.2) is 11.4 Å². The maximum absolute atomic E-state index is 5.97. The third kappa shape index (κ3) is 4.78. The van der Waals surface area contributed by atoms with E-state index in [9.17, 15) is 0 Å². The van der Waals surface area contributed by atoms with Gasteiger partial charge in [-0.25, -0.2) is 0 Å². The molecule has 0 aromatic carbocycles. The summed E-state index contributed by atoms with van der Waals surface area (Å²) in [6.07, 6.45) is 1.01. The van der Waals surface area contributed by atoms with Gasteiger partial charge in [-0.2, -0.15) is 0 Å². The maximum atomic E-state index is 5.97. The first-order valence-electron chi connectivity index (χ1n) is 6.26. The van der Waals surface area contributed by atoms with Crippen LogP contribution in [0.4, 0.5) is 0 Å². The minimum Gasteiger partial charge on any atom is -0.326 e. The highest BCUT2D eigenvalue weighted by Gasteiger charge is 2.23. The fourth-order valence-electron chi connectivity index (χ4n) is 1.96. The van der Waals surface area contributed by atoms with Crippen LogP contribution in [-0.4, -0.2) is 18.6 Å². The molecule has 1 aromatic rings. The van der Waals surface area contributed by atoms with Crippen LogP contribution in [0, 0.1) is 6.92 Å². The molecule has 98 valence electrons. The first kappa shape index (κ1) is 14.7. The Morgan fingerprint density at radius 3 is 2.41 bits per heavy atom. The molecule has 3 N–H and O–H groups in total. The van der Waals surface area contributed by atoms with Crippen LogP contribution in [0.3, 0.4) is 0 Å². The number of thiophene rings is 1. The molecule has 0 amide bonds. The van der Waals surface area contributed by atoms with Crippen molar-refractivity contribution in [1.29, 1.82) is 0 Å². The number of hydrogen-bond donors (Lipinski definition) is 2. The van der Waals surface area contributed by atoms with Gasteiger partial charge in [-0.05, 0) is 50.7 Å². The van der Waals surface area contributed by atoms with Crippen molar-refractivity contribution < 1.29 is 0 Å². The van der Waals surface area contributed by atoms with E-state index in [1.54, 1.807) is 0 Å². The Bertz CT molecular complexity index is 347. The van der Waals surface area contributed by atoms with Gasteiger partial charge in [-0.3, -0.25) is 0 Å². The number of rotatable bonds is 6. The van der Waals surface area contributed by atoms with Crippen molar-refractivity contribution in [2.24, 2.45) is 5.73 Å². The van der Waals surface area contributed by atoms with E-state index in [2.05, 4.69) is 51.4 Å². The first-order valence-corrected chi connectivity index (χ1v) is 7.14. The molecule has 0 aliphatic carbocycles. The fraction of sp³-hybridized carbons (Fsp3) is 0.714. The smallest absolute Gasteiger partial charge is 0.0143 e. The third-order valence-corrected chi connectivity index (χ3v) is 4.37. The maximum Gasteiger partial charge on any atom is 0.0143 e.